The molecule has 0 bridgehead atoms. The summed E-state index contributed by atoms with van der Waals surface area (Å²) in [5.41, 5.74) is 6.80. The van der Waals surface area contributed by atoms with Gasteiger partial charge in [-0.2, -0.15) is 0 Å². The number of fused-ring (bicyclic) bond motifs is 2. The first-order chi connectivity index (χ1) is 14.1. The van der Waals surface area contributed by atoms with Gasteiger partial charge >= 0.3 is 0 Å². The van der Waals surface area contributed by atoms with Gasteiger partial charge in [0.2, 0.25) is 0 Å². The molecule has 142 valence electrons. The predicted octanol–water partition coefficient (Wildman–Crippen LogP) is 6.29. The Bertz CT molecular complexity index is 1200. The lowest BCUT2D eigenvalue weighted by Gasteiger charge is -2.35. The fourth-order valence-corrected chi connectivity index (χ4v) is 4.00. The molecule has 2 aliphatic rings. The Balaban J connectivity index is 1.65. The van der Waals surface area contributed by atoms with Crippen molar-refractivity contribution < 1.29 is 0 Å². The molecule has 0 spiro atoms. The van der Waals surface area contributed by atoms with Gasteiger partial charge in [0.25, 0.3) is 0 Å². The average Bonchev–Trinajstić information content (AvgIpc) is 2.75. The lowest BCUT2D eigenvalue weighted by molar-refractivity contribution is 0.564. The van der Waals surface area contributed by atoms with E-state index in [1.54, 1.807) is 0 Å². The first-order valence-electron chi connectivity index (χ1n) is 9.98. The van der Waals surface area contributed by atoms with Gasteiger partial charge in [-0.1, -0.05) is 35.9 Å². The van der Waals surface area contributed by atoms with E-state index in [-0.39, 0.29) is 5.54 Å². The number of aliphatic imine (C=N–C) groups is 1. The molecule has 0 radical (unpaired) electrons. The van der Waals surface area contributed by atoms with Crippen LogP contribution < -0.4 is 4.90 Å². The highest BCUT2D eigenvalue weighted by atomic mass is 15.1. The van der Waals surface area contributed by atoms with Gasteiger partial charge in [0.15, 0.2) is 0 Å². The SMILES string of the molecule is Cc1ccc(N(C2=CC[C@]3(C)N=CC=CC3=C2)c2ccc3ncccc3c2)cc1. The van der Waals surface area contributed by atoms with E-state index < -0.39 is 0 Å². The van der Waals surface area contributed by atoms with Crippen molar-refractivity contribution in [3.8, 4) is 0 Å². The zero-order valence-corrected chi connectivity index (χ0v) is 16.7. The minimum atomic E-state index is -0.162. The van der Waals surface area contributed by atoms with Gasteiger partial charge < -0.3 is 4.90 Å². The molecule has 5 rings (SSSR count). The van der Waals surface area contributed by atoms with E-state index in [4.69, 9.17) is 4.99 Å². The molecule has 2 heterocycles. The molecule has 0 saturated carbocycles. The number of rotatable bonds is 3. The first kappa shape index (κ1) is 17.6. The van der Waals surface area contributed by atoms with Gasteiger partial charge in [0.05, 0.1) is 11.1 Å². The molecule has 29 heavy (non-hydrogen) atoms. The van der Waals surface area contributed by atoms with Gasteiger partial charge in [0.1, 0.15) is 0 Å². The zero-order chi connectivity index (χ0) is 19.8. The lowest BCUT2D eigenvalue weighted by atomic mass is 9.82. The van der Waals surface area contributed by atoms with Gasteiger partial charge in [-0.05, 0) is 74.4 Å². The van der Waals surface area contributed by atoms with E-state index in [1.807, 2.05) is 24.6 Å². The summed E-state index contributed by atoms with van der Waals surface area (Å²) in [5, 5.41) is 1.14. The molecule has 2 aromatic carbocycles. The third kappa shape index (κ3) is 3.19. The highest BCUT2D eigenvalue weighted by molar-refractivity contribution is 5.85. The molecule has 1 aliphatic heterocycles. The second kappa shape index (κ2) is 6.85. The molecule has 1 aromatic heterocycles. The Morgan fingerprint density at radius 1 is 1.00 bits per heavy atom. The molecule has 0 amide bonds. The molecule has 1 aliphatic carbocycles. The summed E-state index contributed by atoms with van der Waals surface area (Å²) in [7, 11) is 0. The molecule has 1 atom stereocenters. The van der Waals surface area contributed by atoms with E-state index in [0.29, 0.717) is 0 Å². The first-order valence-corrected chi connectivity index (χ1v) is 9.98. The van der Waals surface area contributed by atoms with Crippen LogP contribution in [-0.2, 0) is 0 Å². The second-order valence-electron chi connectivity index (χ2n) is 7.90. The number of aryl methyl sites for hydroxylation is 1. The Kier molecular flexibility index (Phi) is 4.17. The minimum Gasteiger partial charge on any atom is -0.311 e. The van der Waals surface area contributed by atoms with Crippen molar-refractivity contribution in [3.05, 3.63) is 102 Å². The number of dihydropyridines is 1. The Morgan fingerprint density at radius 3 is 2.69 bits per heavy atom. The van der Waals surface area contributed by atoms with Gasteiger partial charge in [-0.3, -0.25) is 9.98 Å². The van der Waals surface area contributed by atoms with Gasteiger partial charge in [-0.25, -0.2) is 0 Å². The predicted molar refractivity (Wildman–Crippen MR) is 122 cm³/mol. The summed E-state index contributed by atoms with van der Waals surface area (Å²) in [6.07, 6.45) is 13.4. The van der Waals surface area contributed by atoms with Crippen molar-refractivity contribution in [2.24, 2.45) is 4.99 Å². The van der Waals surface area contributed by atoms with Crippen molar-refractivity contribution in [2.75, 3.05) is 4.90 Å². The van der Waals surface area contributed by atoms with Crippen LogP contribution in [0.5, 0.6) is 0 Å². The van der Waals surface area contributed by atoms with Crippen molar-refractivity contribution in [3.63, 3.8) is 0 Å². The quantitative estimate of drug-likeness (QED) is 0.536. The third-order valence-electron chi connectivity index (χ3n) is 5.75. The maximum absolute atomic E-state index is 4.72. The van der Waals surface area contributed by atoms with Crippen molar-refractivity contribution in [2.45, 2.75) is 25.8 Å². The molecular weight excluding hydrogens is 354 g/mol. The van der Waals surface area contributed by atoms with Crippen molar-refractivity contribution >= 4 is 28.5 Å². The Morgan fingerprint density at radius 2 is 1.83 bits per heavy atom. The second-order valence-corrected chi connectivity index (χ2v) is 7.90. The fourth-order valence-electron chi connectivity index (χ4n) is 4.00. The summed E-state index contributed by atoms with van der Waals surface area (Å²) in [5.74, 6) is 0. The number of allylic oxidation sites excluding steroid dienone is 2. The molecule has 0 fully saturated rings. The molecule has 3 heteroatoms. The number of hydrogen-bond acceptors (Lipinski definition) is 3. The number of benzene rings is 2. The van der Waals surface area contributed by atoms with E-state index in [0.717, 1.165) is 28.7 Å². The van der Waals surface area contributed by atoms with Crippen molar-refractivity contribution in [1.29, 1.82) is 0 Å². The van der Waals surface area contributed by atoms with Crippen LogP contribution in [-0.4, -0.2) is 16.7 Å². The van der Waals surface area contributed by atoms with Crippen LogP contribution in [0.2, 0.25) is 0 Å². The van der Waals surface area contributed by atoms with Crippen LogP contribution in [0, 0.1) is 6.92 Å². The molecule has 0 unspecified atom stereocenters. The summed E-state index contributed by atoms with van der Waals surface area (Å²) in [6, 6.07) is 19.3. The number of hydrogen-bond donors (Lipinski definition) is 0. The van der Waals surface area contributed by atoms with Crippen molar-refractivity contribution in [1.82, 2.24) is 4.98 Å². The standard InChI is InChI=1S/C26H23N3/c1-19-7-9-22(10-8-19)29(23-11-12-25-20(17-23)5-3-15-27-25)24-13-14-26(2)21(18-24)6-4-16-28-26/h3-13,15-18H,14H2,1-2H3/t26-/m0/s1. The molecule has 3 nitrogen and oxygen atoms in total. The van der Waals surface area contributed by atoms with Crippen LogP contribution in [0.25, 0.3) is 10.9 Å². The molecule has 0 N–H and O–H groups in total. The highest BCUT2D eigenvalue weighted by Crippen LogP contribution is 2.39. The molecule has 0 saturated heterocycles. The molecular formula is C26H23N3. The third-order valence-corrected chi connectivity index (χ3v) is 5.75. The lowest BCUT2D eigenvalue weighted by Crippen LogP contribution is -2.30. The summed E-state index contributed by atoms with van der Waals surface area (Å²) in [6.45, 7) is 4.32. The topological polar surface area (TPSA) is 28.5 Å². The van der Waals surface area contributed by atoms with Crippen LogP contribution in [0.1, 0.15) is 18.9 Å². The largest absolute Gasteiger partial charge is 0.311 e. The Labute approximate surface area is 171 Å². The van der Waals surface area contributed by atoms with Gasteiger partial charge in [-0.15, -0.1) is 0 Å². The van der Waals surface area contributed by atoms with E-state index in [2.05, 4.69) is 90.5 Å². The normalized spacial score (nSPS) is 20.2. The number of pyridine rings is 1. The zero-order valence-electron chi connectivity index (χ0n) is 16.7. The van der Waals surface area contributed by atoms with Crippen LogP contribution in [0.15, 0.2) is 101 Å². The van der Waals surface area contributed by atoms with Crippen LogP contribution in [0.3, 0.4) is 0 Å². The minimum absolute atomic E-state index is 0.162. The van der Waals surface area contributed by atoms with Crippen LogP contribution in [0.4, 0.5) is 11.4 Å². The number of anilines is 2. The summed E-state index contributed by atoms with van der Waals surface area (Å²) in [4.78, 5) is 11.5. The van der Waals surface area contributed by atoms with Gasteiger partial charge in [0, 0.05) is 34.9 Å². The maximum atomic E-state index is 4.72. The van der Waals surface area contributed by atoms with E-state index in [9.17, 15) is 0 Å². The highest BCUT2D eigenvalue weighted by Gasteiger charge is 2.31. The number of aromatic nitrogens is 1. The monoisotopic (exact) mass is 377 g/mol. The molecule has 3 aromatic rings. The fraction of sp³-hybridized carbons (Fsp3) is 0.154. The summed E-state index contributed by atoms with van der Waals surface area (Å²) >= 11 is 0. The smallest absolute Gasteiger partial charge is 0.0864 e. The number of nitrogens with zero attached hydrogens (tertiary/aromatic N) is 3. The maximum Gasteiger partial charge on any atom is 0.0864 e. The average molecular weight is 377 g/mol. The van der Waals surface area contributed by atoms with E-state index >= 15 is 0 Å². The Hall–Kier alpha value is -3.46. The van der Waals surface area contributed by atoms with Crippen LogP contribution >= 0.6 is 0 Å². The summed E-state index contributed by atoms with van der Waals surface area (Å²) < 4.78 is 0. The van der Waals surface area contributed by atoms with E-state index in [1.165, 1.54) is 16.8 Å².